The van der Waals surface area contributed by atoms with Crippen molar-refractivity contribution in [1.82, 2.24) is 9.88 Å². The molecule has 1 saturated heterocycles. The molecule has 2 aromatic carbocycles. The Kier molecular flexibility index (Phi) is 3.89. The van der Waals surface area contributed by atoms with E-state index in [1.807, 2.05) is 11.6 Å². The highest BCUT2D eigenvalue weighted by Gasteiger charge is 2.24. The number of hydrogen-bond donors (Lipinski definition) is 0. The number of ether oxygens (including phenoxy) is 1. The second kappa shape index (κ2) is 6.16. The molecule has 2 heterocycles. The summed E-state index contributed by atoms with van der Waals surface area (Å²) in [4.78, 5) is 6.87. The minimum absolute atomic E-state index is 0.115. The van der Waals surface area contributed by atoms with Crippen LogP contribution >= 0.6 is 11.3 Å². The predicted octanol–water partition coefficient (Wildman–Crippen LogP) is 3.87. The maximum atomic E-state index is 5.88. The van der Waals surface area contributed by atoms with Gasteiger partial charge < -0.3 is 4.74 Å². The summed E-state index contributed by atoms with van der Waals surface area (Å²) in [7, 11) is 0. The highest BCUT2D eigenvalue weighted by Crippen LogP contribution is 2.26. The first-order valence-corrected chi connectivity index (χ1v) is 8.48. The fraction of sp³-hybridized carbons (Fsp3) is 0.278. The van der Waals surface area contributed by atoms with Crippen LogP contribution in [0.4, 0.5) is 0 Å². The summed E-state index contributed by atoms with van der Waals surface area (Å²) in [6.45, 7) is 3.63. The van der Waals surface area contributed by atoms with Gasteiger partial charge in [-0.2, -0.15) is 0 Å². The fourth-order valence-corrected chi connectivity index (χ4v) is 3.74. The van der Waals surface area contributed by atoms with Crippen LogP contribution in [-0.4, -0.2) is 29.6 Å². The van der Waals surface area contributed by atoms with E-state index in [0.717, 1.165) is 31.2 Å². The van der Waals surface area contributed by atoms with Crippen molar-refractivity contribution in [3.8, 4) is 0 Å². The zero-order valence-electron chi connectivity index (χ0n) is 12.3. The first kappa shape index (κ1) is 13.9. The number of rotatable bonds is 3. The van der Waals surface area contributed by atoms with E-state index in [2.05, 4.69) is 52.3 Å². The van der Waals surface area contributed by atoms with Gasteiger partial charge in [-0.1, -0.05) is 42.5 Å². The maximum Gasteiger partial charge on any atom is 0.123 e. The van der Waals surface area contributed by atoms with Crippen LogP contribution in [0.15, 0.2) is 54.0 Å². The van der Waals surface area contributed by atoms with Crippen LogP contribution in [0.1, 0.15) is 16.7 Å². The molecule has 0 N–H and O–H groups in total. The van der Waals surface area contributed by atoms with Gasteiger partial charge in [-0.05, 0) is 16.3 Å². The van der Waals surface area contributed by atoms with E-state index < -0.39 is 0 Å². The number of fused-ring (bicyclic) bond motifs is 1. The van der Waals surface area contributed by atoms with Crippen LogP contribution in [0.5, 0.6) is 0 Å². The van der Waals surface area contributed by atoms with E-state index in [4.69, 9.17) is 4.74 Å². The van der Waals surface area contributed by atoms with Crippen LogP contribution in [0.3, 0.4) is 0 Å². The van der Waals surface area contributed by atoms with E-state index in [0.29, 0.717) is 0 Å². The monoisotopic (exact) mass is 310 g/mol. The molecular weight excluding hydrogens is 292 g/mol. The van der Waals surface area contributed by atoms with Crippen molar-refractivity contribution in [3.05, 3.63) is 64.6 Å². The van der Waals surface area contributed by atoms with Crippen molar-refractivity contribution in [2.75, 3.05) is 19.7 Å². The third-order valence-corrected chi connectivity index (χ3v) is 5.02. The maximum absolute atomic E-state index is 5.88. The lowest BCUT2D eigenvalue weighted by Crippen LogP contribution is -2.37. The van der Waals surface area contributed by atoms with Crippen LogP contribution in [0.2, 0.25) is 0 Å². The van der Waals surface area contributed by atoms with E-state index in [1.54, 1.807) is 11.3 Å². The number of aromatic nitrogens is 1. The quantitative estimate of drug-likeness (QED) is 0.734. The van der Waals surface area contributed by atoms with Crippen LogP contribution in [0.25, 0.3) is 10.8 Å². The fourth-order valence-electron chi connectivity index (χ4n) is 3.06. The molecule has 1 fully saturated rings. The van der Waals surface area contributed by atoms with Crippen LogP contribution in [-0.2, 0) is 11.3 Å². The zero-order valence-corrected chi connectivity index (χ0v) is 13.1. The molecule has 0 saturated carbocycles. The second-order valence-electron chi connectivity index (χ2n) is 5.60. The van der Waals surface area contributed by atoms with Gasteiger partial charge in [-0.25, -0.2) is 4.98 Å². The molecule has 1 aromatic heterocycles. The molecule has 1 atom stereocenters. The van der Waals surface area contributed by atoms with Crippen molar-refractivity contribution >= 4 is 22.1 Å². The van der Waals surface area contributed by atoms with E-state index in [-0.39, 0.29) is 6.10 Å². The number of nitrogens with zero attached hydrogens (tertiary/aromatic N) is 2. The molecule has 112 valence electrons. The Morgan fingerprint density at radius 2 is 2.09 bits per heavy atom. The van der Waals surface area contributed by atoms with Gasteiger partial charge in [0, 0.05) is 31.2 Å². The van der Waals surface area contributed by atoms with Gasteiger partial charge in [0.15, 0.2) is 0 Å². The van der Waals surface area contributed by atoms with Gasteiger partial charge in [0.1, 0.15) is 11.1 Å². The summed E-state index contributed by atoms with van der Waals surface area (Å²) < 4.78 is 5.88. The lowest BCUT2D eigenvalue weighted by Gasteiger charge is -2.32. The van der Waals surface area contributed by atoms with Gasteiger partial charge in [0.25, 0.3) is 0 Å². The smallest absolute Gasteiger partial charge is 0.123 e. The zero-order chi connectivity index (χ0) is 14.8. The van der Waals surface area contributed by atoms with Crippen molar-refractivity contribution in [2.24, 2.45) is 0 Å². The molecule has 1 aliphatic heterocycles. The Morgan fingerprint density at radius 1 is 1.18 bits per heavy atom. The van der Waals surface area contributed by atoms with E-state index in [1.165, 1.54) is 16.3 Å². The molecule has 0 radical (unpaired) electrons. The summed E-state index contributed by atoms with van der Waals surface area (Å²) in [6.07, 6.45) is 1.97. The average molecular weight is 310 g/mol. The highest BCUT2D eigenvalue weighted by molar-refractivity contribution is 7.09. The van der Waals surface area contributed by atoms with Crippen LogP contribution in [0, 0.1) is 0 Å². The van der Waals surface area contributed by atoms with Crippen molar-refractivity contribution in [2.45, 2.75) is 12.6 Å². The van der Waals surface area contributed by atoms with Gasteiger partial charge in [-0.3, -0.25) is 4.90 Å². The van der Waals surface area contributed by atoms with Crippen molar-refractivity contribution < 1.29 is 4.74 Å². The standard InChI is InChI=1S/C18H18N2OS/c1-2-7-16-14(4-1)5-3-6-15(16)12-20-9-10-21-17(13-20)18-19-8-11-22-18/h1-8,11,17H,9-10,12-13H2/t17-/m0/s1. The molecule has 3 aromatic rings. The first-order valence-electron chi connectivity index (χ1n) is 7.60. The molecule has 22 heavy (non-hydrogen) atoms. The van der Waals surface area contributed by atoms with Gasteiger partial charge >= 0.3 is 0 Å². The summed E-state index contributed by atoms with van der Waals surface area (Å²) in [6, 6.07) is 15.2. The predicted molar refractivity (Wildman–Crippen MR) is 90.0 cm³/mol. The summed E-state index contributed by atoms with van der Waals surface area (Å²) >= 11 is 1.68. The number of morpholine rings is 1. The SMILES string of the molecule is c1ccc2c(CN3CCO[C@H](c4nccs4)C3)cccc2c1. The van der Waals surface area contributed by atoms with Gasteiger partial charge in [0.2, 0.25) is 0 Å². The third kappa shape index (κ3) is 2.77. The van der Waals surface area contributed by atoms with E-state index in [9.17, 15) is 0 Å². The summed E-state index contributed by atoms with van der Waals surface area (Å²) in [5, 5.41) is 5.76. The molecule has 0 amide bonds. The minimum atomic E-state index is 0.115. The molecule has 1 aliphatic rings. The second-order valence-corrected chi connectivity index (χ2v) is 6.53. The first-order chi connectivity index (χ1) is 10.9. The van der Waals surface area contributed by atoms with E-state index >= 15 is 0 Å². The lowest BCUT2D eigenvalue weighted by molar-refractivity contribution is -0.0328. The Morgan fingerprint density at radius 3 is 3.00 bits per heavy atom. The molecule has 0 aliphatic carbocycles. The Labute approximate surface area is 134 Å². The number of benzene rings is 2. The highest BCUT2D eigenvalue weighted by atomic mass is 32.1. The molecule has 0 bridgehead atoms. The topological polar surface area (TPSA) is 25.4 Å². The number of hydrogen-bond acceptors (Lipinski definition) is 4. The lowest BCUT2D eigenvalue weighted by atomic mass is 10.0. The van der Waals surface area contributed by atoms with Crippen LogP contribution < -0.4 is 0 Å². The summed E-state index contributed by atoms with van der Waals surface area (Å²) in [5.41, 5.74) is 1.39. The molecule has 3 nitrogen and oxygen atoms in total. The largest absolute Gasteiger partial charge is 0.368 e. The molecule has 0 spiro atoms. The Balaban J connectivity index is 1.55. The average Bonchev–Trinajstić information content (AvgIpc) is 3.10. The van der Waals surface area contributed by atoms with Gasteiger partial charge in [-0.15, -0.1) is 11.3 Å². The Hall–Kier alpha value is -1.75. The molecule has 4 heteroatoms. The van der Waals surface area contributed by atoms with Gasteiger partial charge in [0.05, 0.1) is 6.61 Å². The molecule has 0 unspecified atom stereocenters. The molecule has 4 rings (SSSR count). The third-order valence-electron chi connectivity index (χ3n) is 4.15. The summed E-state index contributed by atoms with van der Waals surface area (Å²) in [5.74, 6) is 0. The van der Waals surface area contributed by atoms with Crippen molar-refractivity contribution in [1.29, 1.82) is 0 Å². The number of thiazole rings is 1. The minimum Gasteiger partial charge on any atom is -0.368 e. The molecular formula is C18H18N2OS. The van der Waals surface area contributed by atoms with Crippen molar-refractivity contribution in [3.63, 3.8) is 0 Å². The normalized spacial score (nSPS) is 19.5. The Bertz CT molecular complexity index is 751.